The van der Waals surface area contributed by atoms with Gasteiger partial charge in [-0.2, -0.15) is 0 Å². The fourth-order valence-corrected chi connectivity index (χ4v) is 6.50. The predicted octanol–water partition coefficient (Wildman–Crippen LogP) is 4.57. The van der Waals surface area contributed by atoms with Crippen molar-refractivity contribution in [2.24, 2.45) is 0 Å². The lowest BCUT2D eigenvalue weighted by atomic mass is 10.0. The molecule has 0 spiro atoms. The normalized spacial score (nSPS) is 13.0. The van der Waals surface area contributed by atoms with Crippen LogP contribution in [-0.4, -0.2) is 57.5 Å². The van der Waals surface area contributed by atoms with Crippen LogP contribution in [-0.2, 0) is 32.6 Å². The van der Waals surface area contributed by atoms with E-state index in [2.05, 4.69) is 5.32 Å². The van der Waals surface area contributed by atoms with Crippen molar-refractivity contribution in [2.75, 3.05) is 30.6 Å². The smallest absolute Gasteiger partial charge is 0.264 e. The Morgan fingerprint density at radius 2 is 1.49 bits per heavy atom. The summed E-state index contributed by atoms with van der Waals surface area (Å²) in [4.78, 5) is 29.3. The topological polar surface area (TPSA) is 105 Å². The summed E-state index contributed by atoms with van der Waals surface area (Å²) in [7, 11) is -4.26. The van der Waals surface area contributed by atoms with Crippen molar-refractivity contribution in [3.05, 3.63) is 120 Å². The molecular formula is C34H34FN3O6S. The lowest BCUT2D eigenvalue weighted by Crippen LogP contribution is -2.53. The molecule has 0 bridgehead atoms. The van der Waals surface area contributed by atoms with E-state index in [9.17, 15) is 22.4 Å². The summed E-state index contributed by atoms with van der Waals surface area (Å²) >= 11 is 0. The van der Waals surface area contributed by atoms with Crippen LogP contribution in [0.15, 0.2) is 108 Å². The Bertz CT molecular complexity index is 1720. The average molecular weight is 632 g/mol. The predicted molar refractivity (Wildman–Crippen MR) is 168 cm³/mol. The van der Waals surface area contributed by atoms with Crippen molar-refractivity contribution in [2.45, 2.75) is 30.8 Å². The number of halogens is 1. The standard InChI is InChI=1S/C34H34FN3O6S/c1-2-36-34(40)30(21-25-9-5-3-6-10-25)37(23-26-13-15-27(35)16-14-26)33(39)24-38(45(41,42)29-11-7-4-8-12-29)28-17-18-31-32(22-28)44-20-19-43-31/h3-18,22,30H,2,19-21,23-24H2,1H3,(H,36,40)/t30-/m1/s1. The number of sulfonamides is 1. The van der Waals surface area contributed by atoms with Gasteiger partial charge in [-0.15, -0.1) is 0 Å². The second-order valence-electron chi connectivity index (χ2n) is 10.4. The Labute approximate surface area is 262 Å². The molecule has 0 radical (unpaired) electrons. The van der Waals surface area contributed by atoms with E-state index in [1.807, 2.05) is 30.3 Å². The third kappa shape index (κ3) is 7.61. The second-order valence-corrected chi connectivity index (χ2v) is 12.3. The number of fused-ring (bicyclic) bond motifs is 1. The fourth-order valence-electron chi connectivity index (χ4n) is 5.07. The molecular weight excluding hydrogens is 597 g/mol. The molecule has 1 N–H and O–H groups in total. The van der Waals surface area contributed by atoms with E-state index < -0.39 is 40.2 Å². The number of nitrogens with zero attached hydrogens (tertiary/aromatic N) is 2. The van der Waals surface area contributed by atoms with Crippen LogP contribution in [0.5, 0.6) is 11.5 Å². The zero-order valence-electron chi connectivity index (χ0n) is 24.8. The molecule has 1 atom stereocenters. The summed E-state index contributed by atoms with van der Waals surface area (Å²) in [6.45, 7) is 2.07. The van der Waals surface area contributed by atoms with E-state index in [0.29, 0.717) is 36.8 Å². The van der Waals surface area contributed by atoms with Crippen LogP contribution in [0.4, 0.5) is 10.1 Å². The number of amides is 2. The maximum absolute atomic E-state index is 14.4. The van der Waals surface area contributed by atoms with E-state index in [0.717, 1.165) is 9.87 Å². The molecule has 0 saturated carbocycles. The zero-order valence-corrected chi connectivity index (χ0v) is 25.6. The van der Waals surface area contributed by atoms with Crippen LogP contribution >= 0.6 is 0 Å². The van der Waals surface area contributed by atoms with Gasteiger partial charge >= 0.3 is 0 Å². The minimum atomic E-state index is -4.26. The number of ether oxygens (including phenoxy) is 2. The minimum absolute atomic E-state index is 0.0117. The fraction of sp³-hybridized carbons (Fsp3) is 0.235. The number of likely N-dealkylation sites (N-methyl/N-ethyl adjacent to an activating group) is 1. The van der Waals surface area contributed by atoms with Gasteiger partial charge in [0.15, 0.2) is 11.5 Å². The van der Waals surface area contributed by atoms with Gasteiger partial charge in [0.05, 0.1) is 10.6 Å². The molecule has 4 aromatic rings. The van der Waals surface area contributed by atoms with E-state index in [4.69, 9.17) is 9.47 Å². The number of carbonyl (C=O) groups excluding carboxylic acids is 2. The van der Waals surface area contributed by atoms with Gasteiger partial charge in [-0.05, 0) is 54.4 Å². The molecule has 1 aliphatic rings. The number of rotatable bonds is 12. The van der Waals surface area contributed by atoms with Crippen LogP contribution in [0, 0.1) is 5.82 Å². The summed E-state index contributed by atoms with van der Waals surface area (Å²) < 4.78 is 54.4. The van der Waals surface area contributed by atoms with E-state index in [1.165, 1.54) is 47.4 Å². The number of anilines is 1. The first-order chi connectivity index (χ1) is 21.8. The third-order valence-corrected chi connectivity index (χ3v) is 9.10. The summed E-state index contributed by atoms with van der Waals surface area (Å²) in [5, 5.41) is 2.82. The summed E-state index contributed by atoms with van der Waals surface area (Å²) in [5.41, 5.74) is 1.57. The van der Waals surface area contributed by atoms with E-state index in [-0.39, 0.29) is 23.5 Å². The molecule has 0 aliphatic carbocycles. The van der Waals surface area contributed by atoms with E-state index in [1.54, 1.807) is 37.3 Å². The monoisotopic (exact) mass is 631 g/mol. The van der Waals surface area contributed by atoms with Gasteiger partial charge in [0, 0.05) is 25.6 Å². The Morgan fingerprint density at radius 3 is 2.16 bits per heavy atom. The number of carbonyl (C=O) groups is 2. The summed E-state index contributed by atoms with van der Waals surface area (Å²) in [5.74, 6) is -0.646. The van der Waals surface area contributed by atoms with Crippen LogP contribution in [0.3, 0.4) is 0 Å². The van der Waals surface area contributed by atoms with E-state index >= 15 is 0 Å². The van der Waals surface area contributed by atoms with Crippen molar-refractivity contribution in [3.63, 3.8) is 0 Å². The highest BCUT2D eigenvalue weighted by molar-refractivity contribution is 7.92. The lowest BCUT2D eigenvalue weighted by molar-refractivity contribution is -0.140. The Kier molecular flexibility index (Phi) is 9.99. The number of benzene rings is 4. The van der Waals surface area contributed by atoms with Gasteiger partial charge in [0.1, 0.15) is 31.6 Å². The maximum Gasteiger partial charge on any atom is 0.264 e. The second kappa shape index (κ2) is 14.3. The van der Waals surface area contributed by atoms with Crippen molar-refractivity contribution in [3.8, 4) is 11.5 Å². The largest absolute Gasteiger partial charge is 0.486 e. The highest BCUT2D eigenvalue weighted by Gasteiger charge is 2.35. The molecule has 11 heteroatoms. The Hall–Kier alpha value is -4.90. The highest BCUT2D eigenvalue weighted by Crippen LogP contribution is 2.36. The first-order valence-corrected chi connectivity index (χ1v) is 16.0. The third-order valence-electron chi connectivity index (χ3n) is 7.31. The van der Waals surface area contributed by atoms with Crippen molar-refractivity contribution >= 4 is 27.5 Å². The maximum atomic E-state index is 14.4. The molecule has 9 nitrogen and oxygen atoms in total. The Balaban J connectivity index is 1.57. The first-order valence-electron chi connectivity index (χ1n) is 14.6. The minimum Gasteiger partial charge on any atom is -0.486 e. The number of hydrogen-bond donors (Lipinski definition) is 1. The van der Waals surface area contributed by atoms with Crippen LogP contribution in [0.1, 0.15) is 18.1 Å². The first kappa shape index (κ1) is 31.5. The van der Waals surface area contributed by atoms with Crippen LogP contribution in [0.2, 0.25) is 0 Å². The van der Waals surface area contributed by atoms with Gasteiger partial charge in [-0.1, -0.05) is 60.7 Å². The molecule has 2 amide bonds. The van der Waals surface area contributed by atoms with Crippen LogP contribution < -0.4 is 19.1 Å². The molecule has 234 valence electrons. The molecule has 1 aliphatic heterocycles. The zero-order chi connectivity index (χ0) is 31.8. The molecule has 0 fully saturated rings. The quantitative estimate of drug-likeness (QED) is 0.246. The van der Waals surface area contributed by atoms with Gasteiger partial charge in [-0.3, -0.25) is 13.9 Å². The van der Waals surface area contributed by atoms with Gasteiger partial charge in [-0.25, -0.2) is 12.8 Å². The Morgan fingerprint density at radius 1 is 0.844 bits per heavy atom. The molecule has 45 heavy (non-hydrogen) atoms. The van der Waals surface area contributed by atoms with Crippen molar-refractivity contribution in [1.29, 1.82) is 0 Å². The molecule has 0 aromatic heterocycles. The molecule has 0 unspecified atom stereocenters. The molecule has 1 heterocycles. The van der Waals surface area contributed by atoms with Crippen LogP contribution in [0.25, 0.3) is 0 Å². The summed E-state index contributed by atoms with van der Waals surface area (Å²) in [6, 6.07) is 26.3. The highest BCUT2D eigenvalue weighted by atomic mass is 32.2. The molecule has 4 aromatic carbocycles. The van der Waals surface area contributed by atoms with Gasteiger partial charge < -0.3 is 19.7 Å². The summed E-state index contributed by atoms with van der Waals surface area (Å²) in [6.07, 6.45) is 0.176. The lowest BCUT2D eigenvalue weighted by Gasteiger charge is -2.34. The number of nitrogens with one attached hydrogen (secondary N) is 1. The SMILES string of the molecule is CCNC(=O)[C@@H](Cc1ccccc1)N(Cc1ccc(F)cc1)C(=O)CN(c1ccc2c(c1)OCCO2)S(=O)(=O)c1ccccc1. The molecule has 5 rings (SSSR count). The van der Waals surface area contributed by atoms with Crippen molar-refractivity contribution in [1.82, 2.24) is 10.2 Å². The van der Waals surface area contributed by atoms with Crippen molar-refractivity contribution < 1.29 is 31.9 Å². The average Bonchev–Trinajstić information content (AvgIpc) is 3.06. The van der Waals surface area contributed by atoms with Gasteiger partial charge in [0.2, 0.25) is 11.8 Å². The molecule has 0 saturated heterocycles. The number of hydrogen-bond acceptors (Lipinski definition) is 6. The van der Waals surface area contributed by atoms with Gasteiger partial charge in [0.25, 0.3) is 10.0 Å².